The average molecular weight is 321 g/mol. The number of carbonyl (C=O) groups is 2. The van der Waals surface area contributed by atoms with E-state index in [0.29, 0.717) is 5.75 Å². The number of aromatic nitrogens is 2. The lowest BCUT2D eigenvalue weighted by Gasteiger charge is -2.10. The van der Waals surface area contributed by atoms with Gasteiger partial charge < -0.3 is 14.5 Å². The summed E-state index contributed by atoms with van der Waals surface area (Å²) in [5.41, 5.74) is 2.98. The highest BCUT2D eigenvalue weighted by Gasteiger charge is 2.15. The molecule has 2 aromatic rings. The van der Waals surface area contributed by atoms with Crippen LogP contribution in [0.5, 0.6) is 0 Å². The highest BCUT2D eigenvalue weighted by Crippen LogP contribution is 2.13. The van der Waals surface area contributed by atoms with Gasteiger partial charge in [0.1, 0.15) is 11.7 Å². The molecule has 6 nitrogen and oxygen atoms in total. The molecule has 0 unspecified atom stereocenters. The van der Waals surface area contributed by atoms with Gasteiger partial charge in [-0.15, -0.1) is 11.8 Å². The largest absolute Gasteiger partial charge is 0.467 e. The number of pyridine rings is 1. The van der Waals surface area contributed by atoms with Crippen LogP contribution in [0.1, 0.15) is 18.2 Å². The SMILES string of the molecule is COC(=O)[C@H](C)NC(=O)CSCc1cn2cc(C)ccc2n1. The first-order chi connectivity index (χ1) is 10.5. The maximum atomic E-state index is 11.7. The summed E-state index contributed by atoms with van der Waals surface area (Å²) in [7, 11) is 1.30. The van der Waals surface area contributed by atoms with Crippen molar-refractivity contribution in [3.8, 4) is 0 Å². The van der Waals surface area contributed by atoms with Crippen molar-refractivity contribution in [2.24, 2.45) is 0 Å². The Labute approximate surface area is 133 Å². The van der Waals surface area contributed by atoms with Crippen LogP contribution in [0.25, 0.3) is 5.65 Å². The van der Waals surface area contributed by atoms with E-state index in [1.807, 2.05) is 35.9 Å². The topological polar surface area (TPSA) is 72.7 Å². The molecular formula is C15H19N3O3S. The second-order valence-corrected chi connectivity index (χ2v) is 5.99. The lowest BCUT2D eigenvalue weighted by molar-refractivity contribution is -0.144. The van der Waals surface area contributed by atoms with Crippen molar-refractivity contribution >= 4 is 29.3 Å². The highest BCUT2D eigenvalue weighted by atomic mass is 32.2. The zero-order valence-electron chi connectivity index (χ0n) is 12.8. The molecule has 0 fully saturated rings. The van der Waals surface area contributed by atoms with Gasteiger partial charge in [-0.3, -0.25) is 4.79 Å². The van der Waals surface area contributed by atoms with Crippen LogP contribution in [-0.4, -0.2) is 40.2 Å². The molecule has 2 aromatic heterocycles. The fraction of sp³-hybridized carbons (Fsp3) is 0.400. The molecule has 0 saturated heterocycles. The number of imidazole rings is 1. The van der Waals surface area contributed by atoms with Crippen molar-refractivity contribution in [3.63, 3.8) is 0 Å². The molecule has 0 aliphatic rings. The second-order valence-electron chi connectivity index (χ2n) is 5.01. The average Bonchev–Trinajstić information content (AvgIpc) is 2.87. The third kappa shape index (κ3) is 4.24. The molecule has 0 aliphatic heterocycles. The second kappa shape index (κ2) is 7.31. The Balaban J connectivity index is 1.82. The fourth-order valence-electron chi connectivity index (χ4n) is 1.99. The number of ether oxygens (including phenoxy) is 1. The molecule has 0 aromatic carbocycles. The van der Waals surface area contributed by atoms with E-state index in [9.17, 15) is 9.59 Å². The number of rotatable bonds is 6. The lowest BCUT2D eigenvalue weighted by Crippen LogP contribution is -2.40. The van der Waals surface area contributed by atoms with Gasteiger partial charge in [0.05, 0.1) is 18.6 Å². The summed E-state index contributed by atoms with van der Waals surface area (Å²) in [6.45, 7) is 3.62. The first kappa shape index (κ1) is 16.4. The van der Waals surface area contributed by atoms with Gasteiger partial charge in [-0.05, 0) is 25.5 Å². The number of fused-ring (bicyclic) bond motifs is 1. The van der Waals surface area contributed by atoms with E-state index in [4.69, 9.17) is 0 Å². The van der Waals surface area contributed by atoms with Gasteiger partial charge in [-0.2, -0.15) is 0 Å². The molecule has 0 spiro atoms. The van der Waals surface area contributed by atoms with Gasteiger partial charge in [0, 0.05) is 18.1 Å². The van der Waals surface area contributed by atoms with Crippen LogP contribution in [0.3, 0.4) is 0 Å². The van der Waals surface area contributed by atoms with Crippen molar-refractivity contribution in [3.05, 3.63) is 35.8 Å². The number of thioether (sulfide) groups is 1. The number of aryl methyl sites for hydroxylation is 1. The number of esters is 1. The minimum Gasteiger partial charge on any atom is -0.467 e. The van der Waals surface area contributed by atoms with Crippen molar-refractivity contribution in [1.82, 2.24) is 14.7 Å². The number of methoxy groups -OCH3 is 1. The summed E-state index contributed by atoms with van der Waals surface area (Å²) in [5, 5.41) is 2.59. The van der Waals surface area contributed by atoms with E-state index >= 15 is 0 Å². The maximum absolute atomic E-state index is 11.7. The highest BCUT2D eigenvalue weighted by molar-refractivity contribution is 7.99. The Morgan fingerprint density at radius 1 is 1.41 bits per heavy atom. The molecule has 1 N–H and O–H groups in total. The molecule has 22 heavy (non-hydrogen) atoms. The van der Waals surface area contributed by atoms with Crippen LogP contribution in [-0.2, 0) is 20.1 Å². The van der Waals surface area contributed by atoms with Crippen molar-refractivity contribution < 1.29 is 14.3 Å². The molecule has 2 heterocycles. The van der Waals surface area contributed by atoms with Gasteiger partial charge in [0.2, 0.25) is 5.91 Å². The molecule has 1 amide bonds. The van der Waals surface area contributed by atoms with E-state index in [1.54, 1.807) is 6.92 Å². The van der Waals surface area contributed by atoms with Crippen LogP contribution in [0.2, 0.25) is 0 Å². The normalized spacial score (nSPS) is 12.1. The van der Waals surface area contributed by atoms with E-state index in [2.05, 4.69) is 15.0 Å². The minimum atomic E-state index is -0.628. The van der Waals surface area contributed by atoms with Gasteiger partial charge in [0.15, 0.2) is 0 Å². The third-order valence-electron chi connectivity index (χ3n) is 3.06. The Hall–Kier alpha value is -2.02. The quantitative estimate of drug-likeness (QED) is 0.817. The molecule has 1 atom stereocenters. The van der Waals surface area contributed by atoms with E-state index in [1.165, 1.54) is 24.4 Å². The predicted molar refractivity (Wildman–Crippen MR) is 85.7 cm³/mol. The first-order valence-corrected chi connectivity index (χ1v) is 8.04. The van der Waals surface area contributed by atoms with Crippen LogP contribution in [0, 0.1) is 6.92 Å². The van der Waals surface area contributed by atoms with Gasteiger partial charge >= 0.3 is 5.97 Å². The Morgan fingerprint density at radius 3 is 2.91 bits per heavy atom. The molecule has 0 radical (unpaired) electrons. The number of nitrogens with zero attached hydrogens (tertiary/aromatic N) is 2. The minimum absolute atomic E-state index is 0.192. The molecule has 0 saturated carbocycles. The third-order valence-corrected chi connectivity index (χ3v) is 4.03. The Kier molecular flexibility index (Phi) is 5.43. The van der Waals surface area contributed by atoms with Crippen LogP contribution < -0.4 is 5.32 Å². The van der Waals surface area contributed by atoms with E-state index in [-0.39, 0.29) is 11.7 Å². The molecule has 7 heteroatoms. The smallest absolute Gasteiger partial charge is 0.328 e. The van der Waals surface area contributed by atoms with Crippen LogP contribution in [0.15, 0.2) is 24.5 Å². The van der Waals surface area contributed by atoms with Gasteiger partial charge in [-0.25, -0.2) is 9.78 Å². The number of nitrogens with one attached hydrogen (secondary N) is 1. The van der Waals surface area contributed by atoms with Crippen molar-refractivity contribution in [2.75, 3.05) is 12.9 Å². The standard InChI is InChI=1S/C15H19N3O3S/c1-10-4-5-13-17-12(7-18(13)6-10)8-22-9-14(19)16-11(2)15(20)21-3/h4-7,11H,8-9H2,1-3H3,(H,16,19)/t11-/m0/s1. The summed E-state index contributed by atoms with van der Waals surface area (Å²) in [4.78, 5) is 27.4. The number of hydrogen-bond donors (Lipinski definition) is 1. The molecule has 2 rings (SSSR count). The zero-order chi connectivity index (χ0) is 16.1. The summed E-state index contributed by atoms with van der Waals surface area (Å²) in [6, 6.07) is 3.35. The maximum Gasteiger partial charge on any atom is 0.328 e. The monoisotopic (exact) mass is 321 g/mol. The molecule has 118 valence electrons. The fourth-order valence-corrected chi connectivity index (χ4v) is 2.71. The summed E-state index contributed by atoms with van der Waals surface area (Å²) in [6.07, 6.45) is 3.98. The van der Waals surface area contributed by atoms with E-state index in [0.717, 1.165) is 11.3 Å². The number of carbonyl (C=O) groups excluding carboxylic acids is 2. The van der Waals surface area contributed by atoms with Gasteiger partial charge in [0.25, 0.3) is 0 Å². The number of amides is 1. The Bertz CT molecular complexity index is 684. The Morgan fingerprint density at radius 2 is 2.18 bits per heavy atom. The zero-order valence-corrected chi connectivity index (χ0v) is 13.6. The van der Waals surface area contributed by atoms with Crippen LogP contribution >= 0.6 is 11.8 Å². The first-order valence-electron chi connectivity index (χ1n) is 6.89. The summed E-state index contributed by atoms with van der Waals surface area (Å²) in [5.74, 6) is 0.270. The van der Waals surface area contributed by atoms with Gasteiger partial charge in [-0.1, -0.05) is 6.07 Å². The lowest BCUT2D eigenvalue weighted by atomic mass is 10.3. The van der Waals surface area contributed by atoms with E-state index < -0.39 is 12.0 Å². The summed E-state index contributed by atoms with van der Waals surface area (Å²) >= 11 is 1.46. The van der Waals surface area contributed by atoms with Crippen LogP contribution in [0.4, 0.5) is 0 Å². The van der Waals surface area contributed by atoms with Crippen molar-refractivity contribution in [2.45, 2.75) is 25.6 Å². The molecule has 0 bridgehead atoms. The van der Waals surface area contributed by atoms with Crippen molar-refractivity contribution in [1.29, 1.82) is 0 Å². The molecular weight excluding hydrogens is 302 g/mol. The number of hydrogen-bond acceptors (Lipinski definition) is 5. The predicted octanol–water partition coefficient (Wildman–Crippen LogP) is 1.55. The summed E-state index contributed by atoms with van der Waals surface area (Å²) < 4.78 is 6.53. The molecule has 0 aliphatic carbocycles.